The van der Waals surface area contributed by atoms with Gasteiger partial charge in [0.1, 0.15) is 0 Å². The lowest BCUT2D eigenvalue weighted by atomic mass is 10.0. The molecule has 0 aromatic heterocycles. The topological polar surface area (TPSA) is 32.3 Å². The van der Waals surface area contributed by atoms with Crippen LogP contribution in [0.1, 0.15) is 58.3 Å². The van der Waals surface area contributed by atoms with E-state index in [0.717, 1.165) is 38.8 Å². The first-order valence-corrected chi connectivity index (χ1v) is 7.22. The molecular formula is C14H28N2O. The monoisotopic (exact) mass is 240 g/mol. The summed E-state index contributed by atoms with van der Waals surface area (Å²) in [5.41, 5.74) is 0. The number of hydrogen-bond acceptors (Lipinski definition) is 2. The number of piperidine rings is 1. The summed E-state index contributed by atoms with van der Waals surface area (Å²) in [5, 5.41) is 3.34. The van der Waals surface area contributed by atoms with Crippen molar-refractivity contribution in [3.05, 3.63) is 0 Å². The molecule has 1 heterocycles. The predicted octanol–water partition coefficient (Wildman–Crippen LogP) is 2.56. The normalized spacial score (nSPS) is 17.1. The summed E-state index contributed by atoms with van der Waals surface area (Å²) >= 11 is 0. The van der Waals surface area contributed by atoms with Gasteiger partial charge in [0.2, 0.25) is 5.91 Å². The van der Waals surface area contributed by atoms with Gasteiger partial charge < -0.3 is 10.2 Å². The van der Waals surface area contributed by atoms with Crippen LogP contribution >= 0.6 is 0 Å². The number of carbonyl (C=O) groups is 1. The highest BCUT2D eigenvalue weighted by atomic mass is 16.2. The summed E-state index contributed by atoms with van der Waals surface area (Å²) in [4.78, 5) is 14.0. The standard InChI is InChI=1S/C14H28N2O/c1-3-4-5-6-7-8-14(17)16(2)13-9-11-15-12-10-13/h13,15H,3-12H2,1-2H3. The third-order valence-electron chi connectivity index (χ3n) is 3.74. The zero-order chi connectivity index (χ0) is 12.5. The fourth-order valence-electron chi connectivity index (χ4n) is 2.45. The molecule has 0 aliphatic carbocycles. The molecule has 0 bridgehead atoms. The number of hydrogen-bond donors (Lipinski definition) is 1. The van der Waals surface area contributed by atoms with Crippen LogP contribution in [-0.4, -0.2) is 37.0 Å². The molecule has 3 heteroatoms. The molecule has 0 aromatic rings. The molecule has 0 unspecified atom stereocenters. The lowest BCUT2D eigenvalue weighted by molar-refractivity contribution is -0.132. The maximum Gasteiger partial charge on any atom is 0.222 e. The molecule has 1 N–H and O–H groups in total. The summed E-state index contributed by atoms with van der Waals surface area (Å²) in [6.07, 6.45) is 9.08. The molecule has 1 aliphatic rings. The lowest BCUT2D eigenvalue weighted by Gasteiger charge is -2.31. The Hall–Kier alpha value is -0.570. The van der Waals surface area contributed by atoms with E-state index >= 15 is 0 Å². The van der Waals surface area contributed by atoms with Crippen LogP contribution in [0.25, 0.3) is 0 Å². The molecule has 0 spiro atoms. The van der Waals surface area contributed by atoms with E-state index in [1.165, 1.54) is 25.7 Å². The maximum atomic E-state index is 12.0. The predicted molar refractivity (Wildman–Crippen MR) is 72.0 cm³/mol. The molecule has 1 saturated heterocycles. The van der Waals surface area contributed by atoms with Crippen molar-refractivity contribution in [2.24, 2.45) is 0 Å². The van der Waals surface area contributed by atoms with E-state index in [9.17, 15) is 4.79 Å². The number of rotatable bonds is 7. The fraction of sp³-hybridized carbons (Fsp3) is 0.929. The average molecular weight is 240 g/mol. The Bertz CT molecular complexity index is 212. The van der Waals surface area contributed by atoms with Crippen LogP contribution in [0.2, 0.25) is 0 Å². The molecule has 3 nitrogen and oxygen atoms in total. The minimum Gasteiger partial charge on any atom is -0.343 e. The molecular weight excluding hydrogens is 212 g/mol. The summed E-state index contributed by atoms with van der Waals surface area (Å²) in [5.74, 6) is 0.341. The minimum atomic E-state index is 0.341. The van der Waals surface area contributed by atoms with Gasteiger partial charge in [0, 0.05) is 19.5 Å². The molecule has 100 valence electrons. The third kappa shape index (κ3) is 5.53. The molecule has 1 rings (SSSR count). The number of nitrogens with zero attached hydrogens (tertiary/aromatic N) is 1. The van der Waals surface area contributed by atoms with Crippen molar-refractivity contribution < 1.29 is 4.79 Å². The molecule has 17 heavy (non-hydrogen) atoms. The zero-order valence-electron chi connectivity index (χ0n) is 11.5. The van der Waals surface area contributed by atoms with E-state index < -0.39 is 0 Å². The third-order valence-corrected chi connectivity index (χ3v) is 3.74. The van der Waals surface area contributed by atoms with E-state index in [2.05, 4.69) is 12.2 Å². The van der Waals surface area contributed by atoms with Gasteiger partial charge in [-0.3, -0.25) is 4.79 Å². The Morgan fingerprint density at radius 1 is 1.18 bits per heavy atom. The molecule has 1 aliphatic heterocycles. The van der Waals surface area contributed by atoms with Crippen molar-refractivity contribution in [2.45, 2.75) is 64.3 Å². The van der Waals surface area contributed by atoms with Gasteiger partial charge in [0.15, 0.2) is 0 Å². The van der Waals surface area contributed by atoms with Gasteiger partial charge in [0.25, 0.3) is 0 Å². The largest absolute Gasteiger partial charge is 0.343 e. The fourth-order valence-corrected chi connectivity index (χ4v) is 2.45. The van der Waals surface area contributed by atoms with E-state index in [-0.39, 0.29) is 0 Å². The van der Waals surface area contributed by atoms with Crippen molar-refractivity contribution in [1.82, 2.24) is 10.2 Å². The van der Waals surface area contributed by atoms with Crippen LogP contribution in [0.15, 0.2) is 0 Å². The Kier molecular flexibility index (Phi) is 7.25. The highest BCUT2D eigenvalue weighted by molar-refractivity contribution is 5.76. The van der Waals surface area contributed by atoms with Crippen LogP contribution in [0.3, 0.4) is 0 Å². The minimum absolute atomic E-state index is 0.341. The smallest absolute Gasteiger partial charge is 0.222 e. The second-order valence-corrected chi connectivity index (χ2v) is 5.15. The highest BCUT2D eigenvalue weighted by Crippen LogP contribution is 2.13. The van der Waals surface area contributed by atoms with Crippen molar-refractivity contribution in [2.75, 3.05) is 20.1 Å². The number of amides is 1. The molecule has 0 aromatic carbocycles. The first-order valence-electron chi connectivity index (χ1n) is 7.22. The van der Waals surface area contributed by atoms with E-state index in [1.807, 2.05) is 11.9 Å². The van der Waals surface area contributed by atoms with Crippen molar-refractivity contribution in [1.29, 1.82) is 0 Å². The van der Waals surface area contributed by atoms with E-state index in [4.69, 9.17) is 0 Å². The number of carbonyl (C=O) groups excluding carboxylic acids is 1. The first-order chi connectivity index (χ1) is 8.25. The molecule has 0 atom stereocenters. The number of nitrogens with one attached hydrogen (secondary N) is 1. The second kappa shape index (κ2) is 8.51. The van der Waals surface area contributed by atoms with Crippen LogP contribution in [0, 0.1) is 0 Å². The molecule has 0 saturated carbocycles. The van der Waals surface area contributed by atoms with Gasteiger partial charge in [-0.2, -0.15) is 0 Å². The highest BCUT2D eigenvalue weighted by Gasteiger charge is 2.21. The Morgan fingerprint density at radius 2 is 1.82 bits per heavy atom. The van der Waals surface area contributed by atoms with Gasteiger partial charge in [-0.1, -0.05) is 32.6 Å². The van der Waals surface area contributed by atoms with Gasteiger partial charge in [0.05, 0.1) is 0 Å². The SMILES string of the molecule is CCCCCCCC(=O)N(C)C1CCNCC1. The lowest BCUT2D eigenvalue weighted by Crippen LogP contribution is -2.43. The number of unbranched alkanes of at least 4 members (excludes halogenated alkanes) is 4. The second-order valence-electron chi connectivity index (χ2n) is 5.15. The summed E-state index contributed by atoms with van der Waals surface area (Å²) < 4.78 is 0. The van der Waals surface area contributed by atoms with Crippen LogP contribution < -0.4 is 5.32 Å². The Balaban J connectivity index is 2.13. The Morgan fingerprint density at radius 3 is 2.47 bits per heavy atom. The van der Waals surface area contributed by atoms with Crippen molar-refractivity contribution in [3.63, 3.8) is 0 Å². The Labute approximate surface area is 106 Å². The first kappa shape index (κ1) is 14.5. The van der Waals surface area contributed by atoms with Crippen LogP contribution in [-0.2, 0) is 4.79 Å². The van der Waals surface area contributed by atoms with Gasteiger partial charge in [-0.25, -0.2) is 0 Å². The zero-order valence-corrected chi connectivity index (χ0v) is 11.5. The molecule has 1 fully saturated rings. The summed E-state index contributed by atoms with van der Waals surface area (Å²) in [6.45, 7) is 4.33. The maximum absolute atomic E-state index is 12.0. The summed E-state index contributed by atoms with van der Waals surface area (Å²) in [6, 6.07) is 0.472. The molecule has 0 radical (unpaired) electrons. The van der Waals surface area contributed by atoms with Crippen molar-refractivity contribution in [3.8, 4) is 0 Å². The van der Waals surface area contributed by atoms with Crippen LogP contribution in [0.4, 0.5) is 0 Å². The quantitative estimate of drug-likeness (QED) is 0.694. The van der Waals surface area contributed by atoms with Gasteiger partial charge in [-0.15, -0.1) is 0 Å². The molecule has 1 amide bonds. The van der Waals surface area contributed by atoms with Gasteiger partial charge >= 0.3 is 0 Å². The van der Waals surface area contributed by atoms with Crippen molar-refractivity contribution >= 4 is 5.91 Å². The van der Waals surface area contributed by atoms with E-state index in [0.29, 0.717) is 11.9 Å². The summed E-state index contributed by atoms with van der Waals surface area (Å²) in [7, 11) is 1.98. The van der Waals surface area contributed by atoms with E-state index in [1.54, 1.807) is 0 Å². The van der Waals surface area contributed by atoms with Crippen LogP contribution in [0.5, 0.6) is 0 Å². The van der Waals surface area contributed by atoms with Gasteiger partial charge in [-0.05, 0) is 32.4 Å². The average Bonchev–Trinajstić information content (AvgIpc) is 2.38.